The van der Waals surface area contributed by atoms with Crippen LogP contribution in [0.4, 0.5) is 22.7 Å². The van der Waals surface area contributed by atoms with Gasteiger partial charge in [-0.05, 0) is 205 Å². The molecule has 0 atom stereocenters. The van der Waals surface area contributed by atoms with E-state index in [2.05, 4.69) is 199 Å². The monoisotopic (exact) mass is 1460 g/mol. The molecule has 6 aromatic rings. The Kier molecular flexibility index (Phi) is 33.5. The molecule has 495 valence electrons. The van der Waals surface area contributed by atoms with Crippen LogP contribution in [0, 0.1) is 96.4 Å². The van der Waals surface area contributed by atoms with Gasteiger partial charge in [0.15, 0.2) is 0 Å². The van der Waals surface area contributed by atoms with Gasteiger partial charge in [0, 0.05) is 56.9 Å². The fraction of sp³-hybridized carbons (Fsp3) is 0.487. The van der Waals surface area contributed by atoms with Crippen LogP contribution in [0.1, 0.15) is 174 Å². The number of halogens is 2. The summed E-state index contributed by atoms with van der Waals surface area (Å²) in [5.41, 5.74) is 27.7. The van der Waals surface area contributed by atoms with Crippen molar-refractivity contribution in [1.29, 1.82) is 0 Å². The molecule has 12 heteroatoms. The number of benzene rings is 6. The number of ether oxygens (including phenoxy) is 1. The van der Waals surface area contributed by atoms with Crippen LogP contribution in [0.2, 0.25) is 0 Å². The number of hydrogen-bond acceptors (Lipinski definition) is 7. The van der Waals surface area contributed by atoms with Gasteiger partial charge in [-0.1, -0.05) is 90.0 Å². The second-order valence-corrected chi connectivity index (χ2v) is 35.5. The van der Waals surface area contributed by atoms with Crippen molar-refractivity contribution in [2.24, 2.45) is 0 Å². The van der Waals surface area contributed by atoms with Crippen LogP contribution in [-0.4, -0.2) is 89.0 Å². The van der Waals surface area contributed by atoms with E-state index in [1.807, 2.05) is 57.7 Å². The molecule has 2 saturated heterocycles. The molecule has 2 aliphatic heterocycles. The Morgan fingerprint density at radius 1 is 0.433 bits per heavy atom. The molecule has 0 unspecified atom stereocenters. The number of nitrogens with zero attached hydrogens (tertiary/aromatic N) is 4. The van der Waals surface area contributed by atoms with Crippen LogP contribution in [0.5, 0.6) is 0 Å². The molecular weight excluding hydrogens is 1340 g/mol. The van der Waals surface area contributed by atoms with Crippen molar-refractivity contribution >= 4 is 59.3 Å². The number of aliphatic hydroxyl groups is 2. The first-order valence-corrected chi connectivity index (χ1v) is 41.6. The molecule has 0 aromatic heterocycles. The molecule has 0 amide bonds. The summed E-state index contributed by atoms with van der Waals surface area (Å²) in [5.74, 6) is 0. The van der Waals surface area contributed by atoms with Gasteiger partial charge < -0.3 is 34.5 Å². The molecule has 0 bridgehead atoms. The average molecular weight is 1460 g/mol. The van der Waals surface area contributed by atoms with Gasteiger partial charge in [-0.2, -0.15) is 13.3 Å². The molecule has 7 nitrogen and oxygen atoms in total. The average Bonchev–Trinajstić information content (AvgIpc) is 1.67. The molecule has 0 spiro atoms. The standard InChI is InChI=1S/2C21H27N2.C18H33P.2C7H6.C4H10O3.2ClH.2Ru/c2*1-14-9-16(3)20(17(4)10-14)22-7-8-23(13-22)21-18(5)11-15(2)12-19(21)6;1-4-10-16(11-5-1)19(17-12-6-2-7-13-17)18-14-8-3-9-15-18;2*1-7-5-3-2-4-6-7;5-1-3-7-4-2-6;;;;/h2*9-13H,7-8H2,1-6H3;16-18H,1-15H2;2*1-6H;5-6H,1-4H2;2*1H;;/q2*-1;;;;;;;+1;+2/p-1. The van der Waals surface area contributed by atoms with E-state index in [9.17, 15) is 0 Å². The second-order valence-electron chi connectivity index (χ2n) is 25.8. The number of hydrogen-bond donors (Lipinski definition) is 2. The summed E-state index contributed by atoms with van der Waals surface area (Å²) in [6.07, 6.45) is 23.8. The van der Waals surface area contributed by atoms with Crippen molar-refractivity contribution in [3.8, 4) is 0 Å². The SMILES string of the molecule is C1CCC([PH+](C2CCCCC2)C2CCCCC2)CC1.Cc1cc(C)c(N2[CH-]N(c3c(C)cc(C)cc3C)CC2)c(C)c1.Cc1cc(C)c(N2[CH-]N(c3c(C)cc(C)cc3C)CC2)c(C)c1.OCCOCCO.[Cl][Ru]([Cl])=[CH]c1ccccc1.[Ru+]=[CH]c1ccccc1. The molecule has 5 fully saturated rings. The number of anilines is 4. The van der Waals surface area contributed by atoms with Crippen molar-refractivity contribution in [2.75, 3.05) is 72.2 Å². The molecule has 2 N–H and O–H groups in total. The Hall–Kier alpha value is -3.60. The predicted molar refractivity (Wildman–Crippen MR) is 389 cm³/mol. The van der Waals surface area contributed by atoms with E-state index in [-0.39, 0.29) is 21.1 Å². The normalized spacial score (nSPS) is 16.3. The van der Waals surface area contributed by atoms with Gasteiger partial charge in [0.1, 0.15) is 0 Å². The van der Waals surface area contributed by atoms with E-state index in [4.69, 9.17) is 29.6 Å². The summed E-state index contributed by atoms with van der Waals surface area (Å²) in [7, 11) is 11.3. The topological polar surface area (TPSA) is 62.7 Å². The Morgan fingerprint density at radius 3 is 0.911 bits per heavy atom. The quantitative estimate of drug-likeness (QED) is 0.0517. The third-order valence-corrected chi connectivity index (χ3v) is 25.0. The molecule has 0 radical (unpaired) electrons. The van der Waals surface area contributed by atoms with Crippen LogP contribution in [0.15, 0.2) is 109 Å². The number of rotatable bonds is 13. The summed E-state index contributed by atoms with van der Waals surface area (Å²) in [6, 6.07) is 38.3. The summed E-state index contributed by atoms with van der Waals surface area (Å²) in [6.45, 7) is 35.8. The van der Waals surface area contributed by atoms with E-state index in [0.717, 1.165) is 31.7 Å². The van der Waals surface area contributed by atoms with Gasteiger partial charge >= 0.3 is 132 Å². The Balaban J connectivity index is 0.000000181. The van der Waals surface area contributed by atoms with Gasteiger partial charge in [-0.15, -0.1) is 0 Å². The van der Waals surface area contributed by atoms with E-state index >= 15 is 0 Å². The van der Waals surface area contributed by atoms with Crippen molar-refractivity contribution in [1.82, 2.24) is 0 Å². The summed E-state index contributed by atoms with van der Waals surface area (Å²) in [5, 5.41) is 16.2. The summed E-state index contributed by atoms with van der Waals surface area (Å²) < 4.78 is 8.57. The first-order valence-electron chi connectivity index (χ1n) is 33.4. The molecular formula is C78H110Cl2N4O3PRu2. The van der Waals surface area contributed by atoms with Crippen molar-refractivity contribution in [3.63, 3.8) is 0 Å². The van der Waals surface area contributed by atoms with Gasteiger partial charge in [-0.3, -0.25) is 0 Å². The molecule has 11 rings (SSSR count). The fourth-order valence-electron chi connectivity index (χ4n) is 14.8. The van der Waals surface area contributed by atoms with Gasteiger partial charge in [-0.25, -0.2) is 0 Å². The van der Waals surface area contributed by atoms with Crippen LogP contribution < -0.4 is 19.6 Å². The van der Waals surface area contributed by atoms with Crippen LogP contribution >= 0.6 is 27.3 Å². The zero-order chi connectivity index (χ0) is 65.1. The van der Waals surface area contributed by atoms with Gasteiger partial charge in [0.25, 0.3) is 0 Å². The third-order valence-electron chi connectivity index (χ3n) is 18.0. The summed E-state index contributed by atoms with van der Waals surface area (Å²) in [4.78, 5) is 9.62. The molecule has 3 aliphatic carbocycles. The van der Waals surface area contributed by atoms with E-state index < -0.39 is 13.5 Å². The fourth-order valence-corrected chi connectivity index (χ4v) is 22.2. The maximum absolute atomic E-state index is 8.09. The van der Waals surface area contributed by atoms with Crippen molar-refractivity contribution < 1.29 is 46.3 Å². The Labute approximate surface area is 570 Å². The Morgan fingerprint density at radius 2 is 0.689 bits per heavy atom. The van der Waals surface area contributed by atoms with E-state index in [1.54, 1.807) is 96.3 Å². The molecule has 3 saturated carbocycles. The van der Waals surface area contributed by atoms with Crippen molar-refractivity contribution in [2.45, 2.75) is 196 Å². The zero-order valence-electron chi connectivity index (χ0n) is 56.8. The molecule has 2 heterocycles. The molecule has 90 heavy (non-hydrogen) atoms. The number of aryl methyl sites for hydroxylation is 12. The molecule has 6 aromatic carbocycles. The summed E-state index contributed by atoms with van der Waals surface area (Å²) >= 11 is 0.868. The number of aliphatic hydroxyl groups excluding tert-OH is 2. The van der Waals surface area contributed by atoms with E-state index in [0.29, 0.717) is 13.2 Å². The Bertz CT molecular complexity index is 2750. The first-order chi connectivity index (χ1) is 43.3. The van der Waals surface area contributed by atoms with Gasteiger partial charge in [0.2, 0.25) is 0 Å². The zero-order valence-corrected chi connectivity index (χ0v) is 62.7. The van der Waals surface area contributed by atoms with Crippen LogP contribution in [0.3, 0.4) is 0 Å². The third kappa shape index (κ3) is 24.0. The van der Waals surface area contributed by atoms with Crippen LogP contribution in [0.25, 0.3) is 0 Å². The van der Waals surface area contributed by atoms with Gasteiger partial charge in [0.05, 0.1) is 43.4 Å². The minimum atomic E-state index is -1.61. The second kappa shape index (κ2) is 39.9. The van der Waals surface area contributed by atoms with E-state index in [1.165, 1.54) is 112 Å². The predicted octanol–water partition coefficient (Wildman–Crippen LogP) is 19.3. The minimum absolute atomic E-state index is 0.0278. The maximum atomic E-state index is 8.09. The van der Waals surface area contributed by atoms with Crippen LogP contribution in [-0.2, 0) is 36.1 Å². The molecule has 5 aliphatic rings. The first kappa shape index (κ1) is 75.4. The van der Waals surface area contributed by atoms with Crippen molar-refractivity contribution in [3.05, 3.63) is 200 Å².